The normalized spacial score (nSPS) is 14.4. The van der Waals surface area contributed by atoms with Crippen LogP contribution in [0.25, 0.3) is 0 Å². The molecule has 4 nitrogen and oxygen atoms in total. The van der Waals surface area contributed by atoms with E-state index in [1.165, 1.54) is 49.9 Å². The molecule has 1 heterocycles. The van der Waals surface area contributed by atoms with Gasteiger partial charge in [0.2, 0.25) is 0 Å². The zero-order valence-corrected chi connectivity index (χ0v) is 17.2. The molecule has 0 radical (unpaired) electrons. The van der Waals surface area contributed by atoms with Crippen molar-refractivity contribution in [3.63, 3.8) is 0 Å². The number of hydrogen-bond donors (Lipinski definition) is 2. The summed E-state index contributed by atoms with van der Waals surface area (Å²) in [4.78, 5) is 14.9. The van der Waals surface area contributed by atoms with Crippen LogP contribution in [-0.4, -0.2) is 23.9 Å². The summed E-state index contributed by atoms with van der Waals surface area (Å²) in [6.07, 6.45) is 5.26. The maximum atomic E-state index is 12.3. The number of rotatable bonds is 5. The number of amides is 1. The van der Waals surface area contributed by atoms with Crippen LogP contribution < -0.4 is 11.1 Å². The van der Waals surface area contributed by atoms with Crippen molar-refractivity contribution < 1.29 is 4.79 Å². The van der Waals surface area contributed by atoms with Gasteiger partial charge in [0.05, 0.1) is 0 Å². The molecule has 0 saturated carbocycles. The third-order valence-corrected chi connectivity index (χ3v) is 4.80. The Balaban J connectivity index is 0.00000182. The molecule has 2 aromatic rings. The molecule has 0 bridgehead atoms. The molecule has 6 heteroatoms. The van der Waals surface area contributed by atoms with Gasteiger partial charge in [-0.15, -0.1) is 24.8 Å². The van der Waals surface area contributed by atoms with Gasteiger partial charge in [-0.2, -0.15) is 0 Å². The molecule has 148 valence electrons. The molecule has 3 rings (SSSR count). The fourth-order valence-electron chi connectivity index (χ4n) is 3.38. The molecule has 27 heavy (non-hydrogen) atoms. The maximum Gasteiger partial charge on any atom is 0.251 e. The van der Waals surface area contributed by atoms with Crippen LogP contribution in [0, 0.1) is 0 Å². The van der Waals surface area contributed by atoms with Crippen LogP contribution >= 0.6 is 24.8 Å². The van der Waals surface area contributed by atoms with Crippen LogP contribution in [0.3, 0.4) is 0 Å². The van der Waals surface area contributed by atoms with Gasteiger partial charge >= 0.3 is 0 Å². The maximum absolute atomic E-state index is 12.3. The van der Waals surface area contributed by atoms with E-state index in [1.807, 2.05) is 6.07 Å². The number of nitrogens with one attached hydrogen (secondary N) is 1. The zero-order valence-electron chi connectivity index (χ0n) is 15.5. The minimum atomic E-state index is -0.0862. The van der Waals surface area contributed by atoms with Crippen molar-refractivity contribution in [3.05, 3.63) is 65.2 Å². The summed E-state index contributed by atoms with van der Waals surface area (Å²) in [6.45, 7) is 3.84. The van der Waals surface area contributed by atoms with Crippen molar-refractivity contribution in [1.29, 1.82) is 0 Å². The van der Waals surface area contributed by atoms with Gasteiger partial charge in [0, 0.05) is 24.3 Å². The lowest BCUT2D eigenvalue weighted by Gasteiger charge is -2.21. The molecule has 0 aromatic heterocycles. The number of carbonyl (C=O) groups excluding carboxylic acids is 1. The Kier molecular flexibility index (Phi) is 10.2. The number of anilines is 1. The highest BCUT2D eigenvalue weighted by Gasteiger charge is 2.12. The number of carbonyl (C=O) groups is 1. The van der Waals surface area contributed by atoms with E-state index in [2.05, 4.69) is 28.4 Å². The second kappa shape index (κ2) is 11.9. The molecule has 1 aliphatic heterocycles. The summed E-state index contributed by atoms with van der Waals surface area (Å²) in [6, 6.07) is 15.5. The number of likely N-dealkylation sites (tertiary alicyclic amines) is 1. The van der Waals surface area contributed by atoms with E-state index in [-0.39, 0.29) is 30.7 Å². The van der Waals surface area contributed by atoms with Crippen molar-refractivity contribution >= 4 is 36.4 Å². The van der Waals surface area contributed by atoms with Gasteiger partial charge in [0.15, 0.2) is 0 Å². The van der Waals surface area contributed by atoms with Crippen molar-refractivity contribution in [2.75, 3.05) is 18.8 Å². The lowest BCUT2D eigenvalue weighted by molar-refractivity contribution is 0.0951. The topological polar surface area (TPSA) is 58.4 Å². The molecular weight excluding hydrogens is 381 g/mol. The number of halogens is 2. The van der Waals surface area contributed by atoms with Gasteiger partial charge in [0.25, 0.3) is 5.91 Å². The van der Waals surface area contributed by atoms with Crippen LogP contribution in [0.2, 0.25) is 0 Å². The Hall–Kier alpha value is -1.75. The van der Waals surface area contributed by atoms with Crippen LogP contribution in [-0.2, 0) is 13.1 Å². The first-order valence-electron chi connectivity index (χ1n) is 9.15. The number of nitrogen functional groups attached to an aromatic ring is 1. The smallest absolute Gasteiger partial charge is 0.251 e. The van der Waals surface area contributed by atoms with E-state index in [1.54, 1.807) is 24.3 Å². The lowest BCUT2D eigenvalue weighted by Crippen LogP contribution is -2.27. The second-order valence-corrected chi connectivity index (χ2v) is 6.77. The summed E-state index contributed by atoms with van der Waals surface area (Å²) < 4.78 is 0. The first kappa shape index (κ1) is 23.3. The number of benzene rings is 2. The lowest BCUT2D eigenvalue weighted by atomic mass is 10.1. The fraction of sp³-hybridized carbons (Fsp3) is 0.381. The number of hydrogen-bond acceptors (Lipinski definition) is 3. The predicted octanol–water partition coefficient (Wildman–Crippen LogP) is 4.42. The molecular formula is C21H29Cl2N3O. The third-order valence-electron chi connectivity index (χ3n) is 4.80. The average Bonchev–Trinajstić information content (AvgIpc) is 2.89. The Labute approximate surface area is 174 Å². The van der Waals surface area contributed by atoms with E-state index in [4.69, 9.17) is 5.73 Å². The molecule has 0 unspecified atom stereocenters. The minimum Gasteiger partial charge on any atom is -0.399 e. The molecule has 2 aromatic carbocycles. The molecule has 1 fully saturated rings. The van der Waals surface area contributed by atoms with E-state index < -0.39 is 0 Å². The van der Waals surface area contributed by atoms with Gasteiger partial charge < -0.3 is 11.1 Å². The summed E-state index contributed by atoms with van der Waals surface area (Å²) >= 11 is 0. The Morgan fingerprint density at radius 1 is 0.926 bits per heavy atom. The van der Waals surface area contributed by atoms with Gasteiger partial charge in [0.1, 0.15) is 0 Å². The monoisotopic (exact) mass is 409 g/mol. The summed E-state index contributed by atoms with van der Waals surface area (Å²) in [7, 11) is 0. The van der Waals surface area contributed by atoms with E-state index in [0.29, 0.717) is 17.8 Å². The van der Waals surface area contributed by atoms with E-state index in [0.717, 1.165) is 6.54 Å². The summed E-state index contributed by atoms with van der Waals surface area (Å²) in [5, 5.41) is 3.02. The predicted molar refractivity (Wildman–Crippen MR) is 117 cm³/mol. The van der Waals surface area contributed by atoms with Gasteiger partial charge in [-0.25, -0.2) is 0 Å². The van der Waals surface area contributed by atoms with Gasteiger partial charge in [-0.05, 0) is 55.3 Å². The van der Waals surface area contributed by atoms with Crippen LogP contribution in [0.1, 0.15) is 47.2 Å². The Morgan fingerprint density at radius 2 is 1.59 bits per heavy atom. The van der Waals surface area contributed by atoms with Crippen molar-refractivity contribution in [3.8, 4) is 0 Å². The Morgan fingerprint density at radius 3 is 2.26 bits per heavy atom. The third kappa shape index (κ3) is 7.06. The SMILES string of the molecule is Cl.Cl.Nc1cccc(C(=O)NCc2ccccc2CN2CCCCCC2)c1. The average molecular weight is 410 g/mol. The second-order valence-electron chi connectivity index (χ2n) is 6.77. The van der Waals surface area contributed by atoms with Gasteiger partial charge in [-0.1, -0.05) is 43.2 Å². The zero-order chi connectivity index (χ0) is 17.5. The standard InChI is InChI=1S/C21H27N3O.2ClH/c22-20-11-7-10-17(14-20)21(25)23-15-18-8-3-4-9-19(18)16-24-12-5-1-2-6-13-24;;/h3-4,7-11,14H,1-2,5-6,12-13,15-16,22H2,(H,23,25);2*1H. The molecule has 0 aliphatic carbocycles. The summed E-state index contributed by atoms with van der Waals surface area (Å²) in [5.41, 5.74) is 9.45. The Bertz CT molecular complexity index is 716. The first-order valence-corrected chi connectivity index (χ1v) is 9.15. The quantitative estimate of drug-likeness (QED) is 0.718. The first-order chi connectivity index (χ1) is 12.2. The van der Waals surface area contributed by atoms with Gasteiger partial charge in [-0.3, -0.25) is 9.69 Å². The van der Waals surface area contributed by atoms with Crippen LogP contribution in [0.4, 0.5) is 5.69 Å². The molecule has 3 N–H and O–H groups in total. The number of nitrogens with zero attached hydrogens (tertiary/aromatic N) is 1. The molecule has 1 aliphatic rings. The van der Waals surface area contributed by atoms with Crippen molar-refractivity contribution in [2.45, 2.75) is 38.8 Å². The highest BCUT2D eigenvalue weighted by atomic mass is 35.5. The summed E-state index contributed by atoms with van der Waals surface area (Å²) in [5.74, 6) is -0.0862. The minimum absolute atomic E-state index is 0. The van der Waals surface area contributed by atoms with E-state index in [9.17, 15) is 4.79 Å². The molecule has 0 spiro atoms. The highest BCUT2D eigenvalue weighted by Crippen LogP contribution is 2.16. The highest BCUT2D eigenvalue weighted by molar-refractivity contribution is 5.94. The van der Waals surface area contributed by atoms with Crippen LogP contribution in [0.15, 0.2) is 48.5 Å². The van der Waals surface area contributed by atoms with E-state index >= 15 is 0 Å². The molecule has 1 saturated heterocycles. The molecule has 0 atom stereocenters. The van der Waals surface area contributed by atoms with Crippen molar-refractivity contribution in [1.82, 2.24) is 10.2 Å². The number of nitrogens with two attached hydrogens (primary N) is 1. The largest absolute Gasteiger partial charge is 0.399 e. The van der Waals surface area contributed by atoms with Crippen molar-refractivity contribution in [2.24, 2.45) is 0 Å². The molecule has 1 amide bonds. The fourth-order valence-corrected chi connectivity index (χ4v) is 3.38. The van der Waals surface area contributed by atoms with Crippen LogP contribution in [0.5, 0.6) is 0 Å².